The van der Waals surface area contributed by atoms with Crippen molar-refractivity contribution in [3.05, 3.63) is 95.1 Å². The third kappa shape index (κ3) is 8.35. The summed E-state index contributed by atoms with van der Waals surface area (Å²) in [5, 5.41) is 12.6. The predicted molar refractivity (Wildman–Crippen MR) is 198 cm³/mol. The van der Waals surface area contributed by atoms with E-state index in [4.69, 9.17) is 9.97 Å². The van der Waals surface area contributed by atoms with Gasteiger partial charge in [0.25, 0.3) is 0 Å². The molecule has 0 fully saturated rings. The number of carbonyl (C=O) groups excluding carboxylic acids is 1. The predicted octanol–water partition coefficient (Wildman–Crippen LogP) is 11.8. The minimum Gasteiger partial charge on any atom is -0.512 e. The number of aryl methyl sites for hydroxylation is 2. The summed E-state index contributed by atoms with van der Waals surface area (Å²) in [5.41, 5.74) is 9.05. The van der Waals surface area contributed by atoms with Crippen LogP contribution in [0.2, 0.25) is 0 Å². The second kappa shape index (κ2) is 16.5. The molecule has 1 N–H and O–H groups in total. The van der Waals surface area contributed by atoms with Gasteiger partial charge in [0.1, 0.15) is 5.76 Å². The molecule has 1 aliphatic rings. The molecule has 0 amide bonds. The number of ketones is 1. The minimum atomic E-state index is -0.337. The maximum atomic E-state index is 12.2. The first-order chi connectivity index (χ1) is 22.3. The van der Waals surface area contributed by atoms with Crippen LogP contribution in [0.3, 0.4) is 0 Å². The molecule has 0 unspecified atom stereocenters. The molecule has 5 rings (SSSR count). The number of aliphatic hydroxyl groups excluding tert-OH is 1. The van der Waals surface area contributed by atoms with E-state index >= 15 is 0 Å². The van der Waals surface area contributed by atoms with Crippen LogP contribution in [0.15, 0.2) is 66.6 Å². The van der Waals surface area contributed by atoms with Crippen LogP contribution in [-0.2, 0) is 37.7 Å². The fraction of sp³-hybridized carbons (Fsp3) is 0.465. The van der Waals surface area contributed by atoms with Crippen molar-refractivity contribution in [3.63, 3.8) is 0 Å². The first-order valence-electron chi connectivity index (χ1n) is 17.7. The van der Waals surface area contributed by atoms with Crippen LogP contribution in [0.5, 0.6) is 0 Å². The smallest absolute Gasteiger partial charge is 0.164 e. The molecule has 1 radical (unpaired) electrons. The number of nitrogens with zero attached hydrogens (tertiary/aromatic N) is 2. The number of benzene rings is 2. The number of aliphatic hydroxyl groups is 1. The molecule has 48 heavy (non-hydrogen) atoms. The minimum absolute atomic E-state index is 0. The van der Waals surface area contributed by atoms with E-state index in [9.17, 15) is 9.90 Å². The zero-order valence-electron chi connectivity index (χ0n) is 30.8. The maximum absolute atomic E-state index is 12.2. The Bertz CT molecular complexity index is 1750. The zero-order valence-corrected chi connectivity index (χ0v) is 33.1. The molecule has 1 aliphatic carbocycles. The Morgan fingerprint density at radius 2 is 1.52 bits per heavy atom. The van der Waals surface area contributed by atoms with E-state index in [-0.39, 0.29) is 42.5 Å². The van der Waals surface area contributed by atoms with Gasteiger partial charge in [-0.05, 0) is 67.6 Å². The molecule has 0 spiro atoms. The molecule has 2 aromatic heterocycles. The molecular weight excluding hydrogens is 769 g/mol. The number of hydrogen-bond acceptors (Lipinski definition) is 4. The second-order valence-electron chi connectivity index (χ2n) is 14.4. The summed E-state index contributed by atoms with van der Waals surface area (Å²) in [6, 6.07) is 21.1. The monoisotopic (exact) mass is 824 g/mol. The molecule has 2 aromatic carbocycles. The number of fused-ring (bicyclic) bond motifs is 4. The van der Waals surface area contributed by atoms with Gasteiger partial charge < -0.3 is 5.11 Å². The number of aromatic nitrogens is 2. The quantitative estimate of drug-likeness (QED) is 0.0983. The third-order valence-electron chi connectivity index (χ3n) is 10.8. The fourth-order valence-corrected chi connectivity index (χ4v) is 6.17. The second-order valence-corrected chi connectivity index (χ2v) is 14.4. The Kier molecular flexibility index (Phi) is 13.5. The normalized spacial score (nSPS) is 13.0. The van der Waals surface area contributed by atoms with Gasteiger partial charge in [-0.3, -0.25) is 14.8 Å². The summed E-state index contributed by atoms with van der Waals surface area (Å²) < 4.78 is 0. The van der Waals surface area contributed by atoms with Crippen LogP contribution < -0.4 is 0 Å². The van der Waals surface area contributed by atoms with Gasteiger partial charge in [-0.1, -0.05) is 111 Å². The molecule has 259 valence electrons. The molecular formula is C43H55IrN2O2-. The number of pyridine rings is 2. The first-order valence-corrected chi connectivity index (χ1v) is 17.7. The Morgan fingerprint density at radius 1 is 0.875 bits per heavy atom. The summed E-state index contributed by atoms with van der Waals surface area (Å²) in [5.74, 6) is 1.18. The number of carbonyl (C=O) groups is 1. The molecule has 2 heterocycles. The standard InChI is InChI=1S/C28H27N2.C15H28O2.Ir/c1-17(2)24-14-21(13-19-7-5-6-8-22(19)24)28-15-25-20(16-29-28)9-11-27-23(25)10-12-26(30-27)18(3)4;1-7-14(5,8-2)12(16)11-13(17)15(6,9-3)10-4;/h5-8,10,12,14-18H,9,11H2,1-4H3;11,16H,7-10H2,1-6H3;/q-1;;/b;12-11-;. The summed E-state index contributed by atoms with van der Waals surface area (Å²) in [4.78, 5) is 22.0. The summed E-state index contributed by atoms with van der Waals surface area (Å²) in [6.07, 6.45) is 8.80. The van der Waals surface area contributed by atoms with Crippen molar-refractivity contribution in [1.82, 2.24) is 9.97 Å². The first kappa shape index (κ1) is 39.3. The van der Waals surface area contributed by atoms with Crippen LogP contribution in [0.4, 0.5) is 0 Å². The molecule has 0 atom stereocenters. The summed E-state index contributed by atoms with van der Waals surface area (Å²) >= 11 is 0. The Balaban J connectivity index is 0.000000301. The van der Waals surface area contributed by atoms with Gasteiger partial charge in [-0.25, -0.2) is 0 Å². The van der Waals surface area contributed by atoms with E-state index < -0.39 is 0 Å². The topological polar surface area (TPSA) is 63.1 Å². The number of hydrogen-bond donors (Lipinski definition) is 1. The summed E-state index contributed by atoms with van der Waals surface area (Å²) in [7, 11) is 0. The van der Waals surface area contributed by atoms with Gasteiger partial charge in [0, 0.05) is 65.9 Å². The molecule has 5 heteroatoms. The van der Waals surface area contributed by atoms with Crippen molar-refractivity contribution >= 4 is 16.6 Å². The molecule has 0 aliphatic heterocycles. The van der Waals surface area contributed by atoms with Crippen molar-refractivity contribution in [3.8, 4) is 22.4 Å². The van der Waals surface area contributed by atoms with Crippen LogP contribution in [0.1, 0.15) is 129 Å². The van der Waals surface area contributed by atoms with E-state index in [1.807, 2.05) is 41.5 Å². The van der Waals surface area contributed by atoms with Gasteiger partial charge >= 0.3 is 0 Å². The summed E-state index contributed by atoms with van der Waals surface area (Å²) in [6.45, 7) is 21.0. The van der Waals surface area contributed by atoms with Crippen LogP contribution in [0, 0.1) is 16.9 Å². The van der Waals surface area contributed by atoms with Crippen molar-refractivity contribution in [2.75, 3.05) is 0 Å². The van der Waals surface area contributed by atoms with Gasteiger partial charge in [0.15, 0.2) is 5.78 Å². The van der Waals surface area contributed by atoms with Crippen LogP contribution >= 0.6 is 0 Å². The average Bonchev–Trinajstić information content (AvgIpc) is 3.09. The third-order valence-corrected chi connectivity index (χ3v) is 10.8. The molecule has 0 saturated heterocycles. The zero-order chi connectivity index (χ0) is 34.5. The van der Waals surface area contributed by atoms with E-state index in [0.717, 1.165) is 55.2 Å². The molecule has 4 aromatic rings. The maximum Gasteiger partial charge on any atom is 0.164 e. The largest absolute Gasteiger partial charge is 0.512 e. The van der Waals surface area contributed by atoms with Crippen molar-refractivity contribution in [1.29, 1.82) is 0 Å². The number of rotatable bonds is 10. The van der Waals surface area contributed by atoms with Crippen LogP contribution in [-0.4, -0.2) is 20.9 Å². The van der Waals surface area contributed by atoms with Gasteiger partial charge in [0.05, 0.1) is 0 Å². The van der Waals surface area contributed by atoms with E-state index in [1.54, 1.807) is 0 Å². The Hall–Kier alpha value is -3.14. The van der Waals surface area contributed by atoms with Crippen molar-refractivity contribution in [2.45, 2.75) is 120 Å². The average molecular weight is 824 g/mol. The van der Waals surface area contributed by atoms with Gasteiger partial charge in [0.2, 0.25) is 0 Å². The van der Waals surface area contributed by atoms with Crippen molar-refractivity contribution < 1.29 is 30.0 Å². The molecule has 0 saturated carbocycles. The van der Waals surface area contributed by atoms with E-state index in [2.05, 4.69) is 88.5 Å². The van der Waals surface area contributed by atoms with E-state index in [0.29, 0.717) is 11.8 Å². The van der Waals surface area contributed by atoms with Crippen molar-refractivity contribution in [2.24, 2.45) is 10.8 Å². The molecule has 0 bridgehead atoms. The Labute approximate surface area is 303 Å². The Morgan fingerprint density at radius 3 is 2.12 bits per heavy atom. The molecule has 4 nitrogen and oxygen atoms in total. The van der Waals surface area contributed by atoms with Gasteiger partial charge in [-0.2, -0.15) is 0 Å². The fourth-order valence-electron chi connectivity index (χ4n) is 6.17. The van der Waals surface area contributed by atoms with Gasteiger partial charge in [-0.15, -0.1) is 29.1 Å². The van der Waals surface area contributed by atoms with Crippen LogP contribution in [0.25, 0.3) is 33.2 Å². The van der Waals surface area contributed by atoms with E-state index in [1.165, 1.54) is 45.1 Å². The number of allylic oxidation sites excluding steroid dienone is 2. The SMILES string of the molecule is CC(C)c1ccc2c(n1)CCc1cnc(-c3[c-]c4ccccc4c(C(C)C)c3)cc1-2.CCC(C)(CC)C(=O)/C=C(\O)C(C)(CC)CC.[Ir].